The average Bonchev–Trinajstić information content (AvgIpc) is 3.44. The summed E-state index contributed by atoms with van der Waals surface area (Å²) in [6.07, 6.45) is 1.57. The standard InChI is InChI=1S/C35H52N6O10S/c1-8-52(44,45)40-26-11-9-25(10-12-26)31-30(32(36)43)33(41(39-31)34(2,3)4)38-27-13-14-37-28(23-27)50-22-21-48-18-17-46-15-16-47-19-20-49-24-29(42)51-35(5,6)7/h9-14,23,40H,8,15-22,24H2,1-7H3,(H2,36,43)(H,37,38). The van der Waals surface area contributed by atoms with Crippen molar-refractivity contribution < 1.29 is 46.4 Å². The number of hydrogen-bond donors (Lipinski definition) is 3. The average molecular weight is 749 g/mol. The van der Waals surface area contributed by atoms with Crippen molar-refractivity contribution in [3.05, 3.63) is 48.2 Å². The maximum atomic E-state index is 12.9. The maximum absolute atomic E-state index is 12.9. The first-order chi connectivity index (χ1) is 24.5. The summed E-state index contributed by atoms with van der Waals surface area (Å²) in [6.45, 7) is 15.3. The summed E-state index contributed by atoms with van der Waals surface area (Å²) in [7, 11) is -3.45. The van der Waals surface area contributed by atoms with Crippen LogP contribution in [0, 0.1) is 0 Å². The molecule has 0 unspecified atom stereocenters. The lowest BCUT2D eigenvalue weighted by molar-refractivity contribution is -0.160. The molecule has 0 spiro atoms. The number of aromatic nitrogens is 3. The van der Waals surface area contributed by atoms with Crippen molar-refractivity contribution in [1.29, 1.82) is 0 Å². The van der Waals surface area contributed by atoms with E-state index in [-0.39, 0.29) is 31.1 Å². The van der Waals surface area contributed by atoms with E-state index in [9.17, 15) is 18.0 Å². The van der Waals surface area contributed by atoms with Crippen LogP contribution in [0.4, 0.5) is 17.2 Å². The quantitative estimate of drug-likeness (QED) is 0.0980. The molecule has 16 nitrogen and oxygen atoms in total. The SMILES string of the molecule is CCS(=O)(=O)Nc1ccc(-c2nn(C(C)(C)C)c(Nc3ccnc(OCCOCCOCCOCCOCC(=O)OC(C)(C)C)c3)c2C(N)=O)cc1. The van der Waals surface area contributed by atoms with Gasteiger partial charge in [0.1, 0.15) is 35.9 Å². The van der Waals surface area contributed by atoms with E-state index in [0.29, 0.717) is 74.0 Å². The van der Waals surface area contributed by atoms with Gasteiger partial charge in [-0.15, -0.1) is 0 Å². The van der Waals surface area contributed by atoms with Gasteiger partial charge in [0, 0.05) is 29.2 Å². The van der Waals surface area contributed by atoms with Crippen LogP contribution in [0.1, 0.15) is 58.8 Å². The largest absolute Gasteiger partial charge is 0.475 e. The Hall–Kier alpha value is -4.29. The Morgan fingerprint density at radius 2 is 1.40 bits per heavy atom. The molecule has 2 aromatic heterocycles. The molecular formula is C35H52N6O10S. The molecule has 0 aliphatic heterocycles. The Labute approximate surface area is 305 Å². The molecule has 3 rings (SSSR count). The van der Waals surface area contributed by atoms with E-state index in [2.05, 4.69) is 15.0 Å². The number of nitrogens with one attached hydrogen (secondary N) is 2. The van der Waals surface area contributed by atoms with Crippen LogP contribution in [0.2, 0.25) is 0 Å². The number of pyridine rings is 1. The Balaban J connectivity index is 1.47. The number of amides is 1. The molecule has 0 fully saturated rings. The van der Waals surface area contributed by atoms with Crippen LogP contribution < -0.4 is 20.5 Å². The number of hydrogen-bond acceptors (Lipinski definition) is 13. The van der Waals surface area contributed by atoms with Crippen molar-refractivity contribution in [1.82, 2.24) is 14.8 Å². The molecule has 2 heterocycles. The van der Waals surface area contributed by atoms with Crippen molar-refractivity contribution >= 4 is 39.1 Å². The number of benzene rings is 1. The number of ether oxygens (including phenoxy) is 6. The molecule has 0 saturated carbocycles. The van der Waals surface area contributed by atoms with Crippen LogP contribution in [0.25, 0.3) is 11.3 Å². The third kappa shape index (κ3) is 14.4. The third-order valence-electron chi connectivity index (χ3n) is 6.81. The molecule has 4 N–H and O–H groups in total. The number of rotatable bonds is 22. The number of anilines is 3. The lowest BCUT2D eigenvalue weighted by Crippen LogP contribution is -2.27. The molecule has 0 aliphatic rings. The topological polar surface area (TPSA) is 204 Å². The van der Waals surface area contributed by atoms with Gasteiger partial charge in [0.2, 0.25) is 15.9 Å². The molecule has 52 heavy (non-hydrogen) atoms. The van der Waals surface area contributed by atoms with Gasteiger partial charge in [0.15, 0.2) is 0 Å². The number of nitrogens with two attached hydrogens (primary N) is 1. The zero-order valence-corrected chi connectivity index (χ0v) is 31.8. The molecule has 0 radical (unpaired) electrons. The van der Waals surface area contributed by atoms with Crippen molar-refractivity contribution in [3.63, 3.8) is 0 Å². The number of sulfonamides is 1. The van der Waals surface area contributed by atoms with E-state index in [1.807, 2.05) is 20.8 Å². The van der Waals surface area contributed by atoms with Gasteiger partial charge in [0.05, 0.1) is 57.5 Å². The van der Waals surface area contributed by atoms with Crippen molar-refractivity contribution in [2.24, 2.45) is 5.73 Å². The van der Waals surface area contributed by atoms with Crippen LogP contribution >= 0.6 is 0 Å². The second kappa shape index (κ2) is 19.5. The summed E-state index contributed by atoms with van der Waals surface area (Å²) in [4.78, 5) is 28.7. The van der Waals surface area contributed by atoms with Crippen LogP contribution in [0.3, 0.4) is 0 Å². The smallest absolute Gasteiger partial charge is 0.332 e. The van der Waals surface area contributed by atoms with E-state index in [0.717, 1.165) is 0 Å². The Morgan fingerprint density at radius 1 is 0.827 bits per heavy atom. The first-order valence-corrected chi connectivity index (χ1v) is 18.6. The second-order valence-corrected chi connectivity index (χ2v) is 15.4. The fourth-order valence-electron chi connectivity index (χ4n) is 4.50. The second-order valence-electron chi connectivity index (χ2n) is 13.4. The maximum Gasteiger partial charge on any atom is 0.332 e. The highest BCUT2D eigenvalue weighted by molar-refractivity contribution is 7.92. The number of primary amides is 1. The van der Waals surface area contributed by atoms with Gasteiger partial charge in [-0.05, 0) is 66.7 Å². The minimum Gasteiger partial charge on any atom is -0.475 e. The van der Waals surface area contributed by atoms with Gasteiger partial charge in [-0.3, -0.25) is 9.52 Å². The molecule has 0 aliphatic carbocycles. The zero-order chi connectivity index (χ0) is 38.4. The molecule has 288 valence electrons. The molecular weight excluding hydrogens is 696 g/mol. The molecule has 0 saturated heterocycles. The lowest BCUT2D eigenvalue weighted by Gasteiger charge is -2.23. The number of carbonyl (C=O) groups is 2. The van der Waals surface area contributed by atoms with Gasteiger partial charge >= 0.3 is 5.97 Å². The molecule has 3 aromatic rings. The predicted octanol–water partition coefficient (Wildman–Crippen LogP) is 4.09. The Bertz CT molecular complexity index is 1700. The fourth-order valence-corrected chi connectivity index (χ4v) is 5.14. The molecule has 1 amide bonds. The van der Waals surface area contributed by atoms with Crippen molar-refractivity contribution in [3.8, 4) is 17.1 Å². The number of carbonyl (C=O) groups excluding carboxylic acids is 2. The van der Waals surface area contributed by atoms with Gasteiger partial charge in [-0.25, -0.2) is 22.9 Å². The summed E-state index contributed by atoms with van der Waals surface area (Å²) in [5, 5.41) is 8.03. The Morgan fingerprint density at radius 3 is 1.94 bits per heavy atom. The van der Waals surface area contributed by atoms with Gasteiger partial charge in [0.25, 0.3) is 5.91 Å². The van der Waals surface area contributed by atoms with Gasteiger partial charge in [-0.1, -0.05) is 12.1 Å². The minimum atomic E-state index is -3.45. The molecule has 0 atom stereocenters. The zero-order valence-electron chi connectivity index (χ0n) is 31.0. The van der Waals surface area contributed by atoms with Crippen LogP contribution in [-0.4, -0.2) is 106 Å². The van der Waals surface area contributed by atoms with Crippen LogP contribution in [-0.2, 0) is 44.0 Å². The highest BCUT2D eigenvalue weighted by Gasteiger charge is 2.29. The minimum absolute atomic E-state index is 0.0610. The van der Waals surface area contributed by atoms with E-state index >= 15 is 0 Å². The lowest BCUT2D eigenvalue weighted by atomic mass is 10.1. The number of nitrogens with zero attached hydrogens (tertiary/aromatic N) is 3. The fraction of sp³-hybridized carbons (Fsp3) is 0.543. The summed E-state index contributed by atoms with van der Waals surface area (Å²) >= 11 is 0. The normalized spacial score (nSPS) is 12.1. The van der Waals surface area contributed by atoms with Crippen LogP contribution in [0.15, 0.2) is 42.6 Å². The third-order valence-corrected chi connectivity index (χ3v) is 8.12. The summed E-state index contributed by atoms with van der Waals surface area (Å²) in [5.74, 6) is -0.449. The highest BCUT2D eigenvalue weighted by Crippen LogP contribution is 2.35. The number of esters is 1. The highest BCUT2D eigenvalue weighted by atomic mass is 32.2. The summed E-state index contributed by atoms with van der Waals surface area (Å²) in [6, 6.07) is 9.97. The summed E-state index contributed by atoms with van der Waals surface area (Å²) in [5.41, 5.74) is 6.87. The van der Waals surface area contributed by atoms with Gasteiger partial charge in [-0.2, -0.15) is 5.10 Å². The first-order valence-electron chi connectivity index (χ1n) is 16.9. The van der Waals surface area contributed by atoms with Gasteiger partial charge < -0.3 is 39.5 Å². The molecule has 0 bridgehead atoms. The van der Waals surface area contributed by atoms with Crippen molar-refractivity contribution in [2.75, 3.05) is 75.3 Å². The van der Waals surface area contributed by atoms with E-state index < -0.39 is 33.0 Å². The predicted molar refractivity (Wildman–Crippen MR) is 196 cm³/mol. The van der Waals surface area contributed by atoms with Crippen LogP contribution in [0.5, 0.6) is 5.88 Å². The van der Waals surface area contributed by atoms with Crippen molar-refractivity contribution in [2.45, 2.75) is 59.6 Å². The Kier molecular flexibility index (Phi) is 15.8. The first kappa shape index (κ1) is 42.1. The molecule has 17 heteroatoms. The summed E-state index contributed by atoms with van der Waals surface area (Å²) < 4.78 is 60.8. The molecule has 1 aromatic carbocycles. The van der Waals surface area contributed by atoms with E-state index in [1.54, 1.807) is 75.0 Å². The van der Waals surface area contributed by atoms with E-state index in [1.165, 1.54) is 0 Å². The van der Waals surface area contributed by atoms with E-state index in [4.69, 9.17) is 39.3 Å². The monoisotopic (exact) mass is 748 g/mol.